The van der Waals surface area contributed by atoms with Crippen LogP contribution >= 0.6 is 11.3 Å². The normalized spacial score (nSPS) is 13.3. The van der Waals surface area contributed by atoms with Gasteiger partial charge in [-0.2, -0.15) is 0 Å². The predicted molar refractivity (Wildman–Crippen MR) is 131 cm³/mol. The third-order valence-electron chi connectivity index (χ3n) is 5.47. The number of nitrogens with one attached hydrogen (secondary N) is 1. The van der Waals surface area contributed by atoms with E-state index in [0.29, 0.717) is 24.7 Å². The summed E-state index contributed by atoms with van der Waals surface area (Å²) in [4.78, 5) is 29.5. The van der Waals surface area contributed by atoms with Crippen LogP contribution in [0.4, 0.5) is 0 Å². The Morgan fingerprint density at radius 1 is 1.03 bits per heavy atom. The largest absolute Gasteiger partial charge is 0.349 e. The predicted octanol–water partition coefficient (Wildman–Crippen LogP) is 5.23. The SMILES string of the molecule is Cc1ccc(CN(CCc2ccccc2)C(=O)/C=C/c2ccc(C(=O)NC3CC3)cc2)s1. The average molecular weight is 445 g/mol. The number of hydrogen-bond donors (Lipinski definition) is 1. The van der Waals surface area contributed by atoms with Crippen molar-refractivity contribution in [2.75, 3.05) is 6.54 Å². The molecule has 1 aliphatic rings. The molecule has 32 heavy (non-hydrogen) atoms. The topological polar surface area (TPSA) is 49.4 Å². The van der Waals surface area contributed by atoms with Crippen LogP contribution in [0.5, 0.6) is 0 Å². The number of amides is 2. The molecule has 4 rings (SSSR count). The van der Waals surface area contributed by atoms with Crippen molar-refractivity contribution in [1.29, 1.82) is 0 Å². The number of rotatable bonds is 9. The van der Waals surface area contributed by atoms with Crippen LogP contribution in [-0.4, -0.2) is 29.3 Å². The van der Waals surface area contributed by atoms with Gasteiger partial charge in [-0.15, -0.1) is 11.3 Å². The average Bonchev–Trinajstić information content (AvgIpc) is 3.54. The minimum Gasteiger partial charge on any atom is -0.349 e. The highest BCUT2D eigenvalue weighted by atomic mass is 32.1. The molecule has 1 aliphatic carbocycles. The minimum atomic E-state index is -0.0302. The minimum absolute atomic E-state index is 0.0115. The standard InChI is InChI=1S/C27H28N2O2S/c1-20-7-15-25(32-20)19-29(18-17-21-5-3-2-4-6-21)26(30)16-10-22-8-11-23(12-9-22)27(31)28-24-13-14-24/h2-12,15-16,24H,13-14,17-19H2,1H3,(H,28,31)/b16-10+. The van der Waals surface area contributed by atoms with Crippen molar-refractivity contribution in [2.45, 2.75) is 38.8 Å². The summed E-state index contributed by atoms with van der Waals surface area (Å²) in [6.07, 6.45) is 6.40. The first-order valence-electron chi connectivity index (χ1n) is 11.0. The maximum Gasteiger partial charge on any atom is 0.251 e. The molecule has 1 heterocycles. The van der Waals surface area contributed by atoms with E-state index in [9.17, 15) is 9.59 Å². The van der Waals surface area contributed by atoms with Crippen LogP contribution in [0, 0.1) is 6.92 Å². The van der Waals surface area contributed by atoms with Crippen molar-refractivity contribution >= 4 is 29.2 Å². The lowest BCUT2D eigenvalue weighted by Gasteiger charge is -2.21. The molecule has 5 heteroatoms. The molecule has 1 saturated carbocycles. The summed E-state index contributed by atoms with van der Waals surface area (Å²) in [5.74, 6) is -0.0417. The maximum atomic E-state index is 13.0. The number of hydrogen-bond acceptors (Lipinski definition) is 3. The number of benzene rings is 2. The summed E-state index contributed by atoms with van der Waals surface area (Å²) >= 11 is 1.73. The molecule has 2 amide bonds. The molecule has 0 aliphatic heterocycles. The highest BCUT2D eigenvalue weighted by Gasteiger charge is 2.23. The zero-order valence-corrected chi connectivity index (χ0v) is 19.1. The second-order valence-electron chi connectivity index (χ2n) is 8.21. The van der Waals surface area contributed by atoms with E-state index in [0.717, 1.165) is 24.8 Å². The zero-order valence-electron chi connectivity index (χ0n) is 18.3. The van der Waals surface area contributed by atoms with E-state index in [-0.39, 0.29) is 11.8 Å². The van der Waals surface area contributed by atoms with Crippen LogP contribution in [0.25, 0.3) is 6.08 Å². The Balaban J connectivity index is 1.40. The van der Waals surface area contributed by atoms with Gasteiger partial charge in [0.25, 0.3) is 5.91 Å². The molecule has 164 valence electrons. The molecule has 0 radical (unpaired) electrons. The lowest BCUT2D eigenvalue weighted by atomic mass is 10.1. The zero-order chi connectivity index (χ0) is 22.3. The van der Waals surface area contributed by atoms with Gasteiger partial charge in [0.05, 0.1) is 6.54 Å². The van der Waals surface area contributed by atoms with E-state index in [4.69, 9.17) is 0 Å². The fourth-order valence-electron chi connectivity index (χ4n) is 3.45. The summed E-state index contributed by atoms with van der Waals surface area (Å²) in [5, 5.41) is 2.99. The monoisotopic (exact) mass is 444 g/mol. The third-order valence-corrected chi connectivity index (χ3v) is 6.46. The van der Waals surface area contributed by atoms with Gasteiger partial charge in [-0.25, -0.2) is 0 Å². The smallest absolute Gasteiger partial charge is 0.251 e. The molecule has 0 saturated heterocycles. The van der Waals surface area contributed by atoms with Crippen molar-refractivity contribution in [3.63, 3.8) is 0 Å². The Morgan fingerprint density at radius 2 is 1.78 bits per heavy atom. The van der Waals surface area contributed by atoms with Gasteiger partial charge < -0.3 is 10.2 Å². The van der Waals surface area contributed by atoms with Gasteiger partial charge in [-0.3, -0.25) is 9.59 Å². The Hall–Kier alpha value is -3.18. The van der Waals surface area contributed by atoms with Crippen LogP contribution in [0.3, 0.4) is 0 Å². The third kappa shape index (κ3) is 6.41. The Kier molecular flexibility index (Phi) is 7.17. The van der Waals surface area contributed by atoms with Crippen LogP contribution in [0.15, 0.2) is 72.8 Å². The van der Waals surface area contributed by atoms with Crippen molar-refractivity contribution in [3.8, 4) is 0 Å². The second kappa shape index (κ2) is 10.4. The molecular weight excluding hydrogens is 416 g/mol. The molecular formula is C27H28N2O2S. The molecule has 2 aromatic carbocycles. The van der Waals surface area contributed by atoms with Crippen molar-refractivity contribution in [1.82, 2.24) is 10.2 Å². The summed E-state index contributed by atoms with van der Waals surface area (Å²) in [7, 11) is 0. The molecule has 1 fully saturated rings. The molecule has 1 N–H and O–H groups in total. The number of aryl methyl sites for hydroxylation is 1. The highest BCUT2D eigenvalue weighted by molar-refractivity contribution is 7.11. The first-order valence-corrected chi connectivity index (χ1v) is 11.9. The molecule has 0 unspecified atom stereocenters. The molecule has 0 spiro atoms. The van der Waals surface area contributed by atoms with E-state index >= 15 is 0 Å². The van der Waals surface area contributed by atoms with Gasteiger partial charge >= 0.3 is 0 Å². The highest BCUT2D eigenvalue weighted by Crippen LogP contribution is 2.20. The second-order valence-corrected chi connectivity index (χ2v) is 9.58. The van der Waals surface area contributed by atoms with Gasteiger partial charge in [-0.1, -0.05) is 42.5 Å². The Labute approximate surface area is 193 Å². The first-order chi connectivity index (χ1) is 15.6. The van der Waals surface area contributed by atoms with Gasteiger partial charge in [0, 0.05) is 34.0 Å². The number of thiophene rings is 1. The van der Waals surface area contributed by atoms with E-state index in [1.165, 1.54) is 15.3 Å². The molecule has 3 aromatic rings. The lowest BCUT2D eigenvalue weighted by molar-refractivity contribution is -0.126. The number of carbonyl (C=O) groups excluding carboxylic acids is 2. The lowest BCUT2D eigenvalue weighted by Crippen LogP contribution is -2.30. The maximum absolute atomic E-state index is 13.0. The molecule has 0 atom stereocenters. The fraction of sp³-hybridized carbons (Fsp3) is 0.259. The van der Waals surface area contributed by atoms with Crippen molar-refractivity contribution in [2.24, 2.45) is 0 Å². The number of nitrogens with zero attached hydrogens (tertiary/aromatic N) is 1. The van der Waals surface area contributed by atoms with Gasteiger partial charge in [0.2, 0.25) is 5.91 Å². The van der Waals surface area contributed by atoms with Crippen LogP contribution in [-0.2, 0) is 17.8 Å². The van der Waals surface area contributed by atoms with Gasteiger partial charge in [0.15, 0.2) is 0 Å². The summed E-state index contributed by atoms with van der Waals surface area (Å²) in [6.45, 7) is 3.35. The van der Waals surface area contributed by atoms with Gasteiger partial charge in [0.1, 0.15) is 0 Å². The van der Waals surface area contributed by atoms with Crippen molar-refractivity contribution in [3.05, 3.63) is 99.3 Å². The molecule has 1 aromatic heterocycles. The van der Waals surface area contributed by atoms with E-state index < -0.39 is 0 Å². The van der Waals surface area contributed by atoms with Crippen LogP contribution < -0.4 is 5.32 Å². The quantitative estimate of drug-likeness (QED) is 0.459. The van der Waals surface area contributed by atoms with E-state index in [1.807, 2.05) is 53.4 Å². The Morgan fingerprint density at radius 3 is 2.44 bits per heavy atom. The summed E-state index contributed by atoms with van der Waals surface area (Å²) in [6, 6.07) is 22.1. The summed E-state index contributed by atoms with van der Waals surface area (Å²) < 4.78 is 0. The van der Waals surface area contributed by atoms with Crippen LogP contribution in [0.1, 0.15) is 44.1 Å². The molecule has 4 nitrogen and oxygen atoms in total. The van der Waals surface area contributed by atoms with E-state index in [1.54, 1.807) is 17.4 Å². The Bertz CT molecular complexity index is 1080. The van der Waals surface area contributed by atoms with Crippen molar-refractivity contribution < 1.29 is 9.59 Å². The number of carbonyl (C=O) groups is 2. The van der Waals surface area contributed by atoms with Crippen LogP contribution in [0.2, 0.25) is 0 Å². The first kappa shape index (κ1) is 22.0. The summed E-state index contributed by atoms with van der Waals surface area (Å²) in [5.41, 5.74) is 2.77. The fourth-order valence-corrected chi connectivity index (χ4v) is 4.36. The molecule has 0 bridgehead atoms. The van der Waals surface area contributed by atoms with E-state index in [2.05, 4.69) is 36.5 Å². The van der Waals surface area contributed by atoms with Gasteiger partial charge in [-0.05, 0) is 67.7 Å².